The number of amidine groups is 1. The zero-order valence-electron chi connectivity index (χ0n) is 14.4. The molecule has 118 valence electrons. The van der Waals surface area contributed by atoms with Gasteiger partial charge in [0.05, 0.1) is 0 Å². The van der Waals surface area contributed by atoms with Gasteiger partial charge in [-0.3, -0.25) is 0 Å². The van der Waals surface area contributed by atoms with Crippen LogP contribution >= 0.6 is 0 Å². The summed E-state index contributed by atoms with van der Waals surface area (Å²) in [4.78, 5) is 11.6. The normalized spacial score (nSPS) is 16.5. The SMILES string of the molecule is C=C(/N=C(\C)N(CC)CCC)N1CCN(C)CC1.CC. The lowest BCUT2D eigenvalue weighted by atomic mass is 10.3. The van der Waals surface area contributed by atoms with Gasteiger partial charge in [-0.2, -0.15) is 0 Å². The molecule has 1 heterocycles. The zero-order chi connectivity index (χ0) is 15.5. The second-order valence-corrected chi connectivity index (χ2v) is 4.95. The molecule has 0 aromatic heterocycles. The van der Waals surface area contributed by atoms with Crippen LogP contribution < -0.4 is 0 Å². The Morgan fingerprint density at radius 1 is 1.15 bits per heavy atom. The number of nitrogens with zero attached hydrogens (tertiary/aromatic N) is 4. The van der Waals surface area contributed by atoms with Crippen molar-refractivity contribution in [1.29, 1.82) is 0 Å². The standard InChI is InChI=1S/C14H28N4.C2H6/c1-6-8-17(7-2)13(3)15-14(4)18-11-9-16(5)10-12-18;1-2/h4,6-12H2,1-3,5H3;1-2H3/b15-13+;. The molecule has 0 amide bonds. The van der Waals surface area contributed by atoms with E-state index >= 15 is 0 Å². The topological polar surface area (TPSA) is 22.1 Å². The fourth-order valence-corrected chi connectivity index (χ4v) is 2.21. The molecule has 1 fully saturated rings. The molecule has 0 atom stereocenters. The molecule has 0 saturated carbocycles. The van der Waals surface area contributed by atoms with E-state index in [0.717, 1.165) is 57.3 Å². The van der Waals surface area contributed by atoms with Crippen LogP contribution in [0.2, 0.25) is 0 Å². The fourth-order valence-electron chi connectivity index (χ4n) is 2.21. The number of hydrogen-bond donors (Lipinski definition) is 0. The van der Waals surface area contributed by atoms with Crippen LogP contribution in [0.25, 0.3) is 0 Å². The van der Waals surface area contributed by atoms with Crippen LogP contribution in [0.4, 0.5) is 0 Å². The molecule has 1 saturated heterocycles. The number of rotatable bonds is 5. The van der Waals surface area contributed by atoms with Crippen LogP contribution in [0.5, 0.6) is 0 Å². The third-order valence-corrected chi connectivity index (χ3v) is 3.49. The van der Waals surface area contributed by atoms with Crippen molar-refractivity contribution in [2.24, 2.45) is 4.99 Å². The van der Waals surface area contributed by atoms with E-state index in [1.54, 1.807) is 0 Å². The van der Waals surface area contributed by atoms with Gasteiger partial charge in [0.15, 0.2) is 0 Å². The lowest BCUT2D eigenvalue weighted by Gasteiger charge is -2.34. The van der Waals surface area contributed by atoms with Crippen molar-refractivity contribution in [3.8, 4) is 0 Å². The smallest absolute Gasteiger partial charge is 0.123 e. The van der Waals surface area contributed by atoms with Crippen LogP contribution in [-0.2, 0) is 0 Å². The fraction of sp³-hybridized carbons (Fsp3) is 0.812. The largest absolute Gasteiger partial charge is 0.361 e. The van der Waals surface area contributed by atoms with Gasteiger partial charge < -0.3 is 14.7 Å². The Labute approximate surface area is 126 Å². The summed E-state index contributed by atoms with van der Waals surface area (Å²) in [5.74, 6) is 2.00. The Balaban J connectivity index is 0.00000172. The molecule has 0 unspecified atom stereocenters. The van der Waals surface area contributed by atoms with Crippen molar-refractivity contribution in [2.45, 2.75) is 41.0 Å². The van der Waals surface area contributed by atoms with E-state index in [1.165, 1.54) is 0 Å². The maximum Gasteiger partial charge on any atom is 0.123 e. The first-order valence-corrected chi connectivity index (χ1v) is 8.01. The maximum absolute atomic E-state index is 4.67. The van der Waals surface area contributed by atoms with Crippen LogP contribution in [0, 0.1) is 0 Å². The van der Waals surface area contributed by atoms with Crippen molar-refractivity contribution < 1.29 is 0 Å². The van der Waals surface area contributed by atoms with Crippen molar-refractivity contribution in [2.75, 3.05) is 46.3 Å². The summed E-state index contributed by atoms with van der Waals surface area (Å²) in [5.41, 5.74) is 0. The molecule has 0 bridgehead atoms. The average molecular weight is 282 g/mol. The van der Waals surface area contributed by atoms with E-state index in [1.807, 2.05) is 13.8 Å². The van der Waals surface area contributed by atoms with Gasteiger partial charge in [0.1, 0.15) is 11.7 Å². The number of aliphatic imine (C=N–C) groups is 1. The predicted molar refractivity (Wildman–Crippen MR) is 90.2 cm³/mol. The highest BCUT2D eigenvalue weighted by molar-refractivity contribution is 5.80. The summed E-state index contributed by atoms with van der Waals surface area (Å²) in [5, 5.41) is 0. The van der Waals surface area contributed by atoms with Gasteiger partial charge in [0, 0.05) is 39.3 Å². The molecule has 0 aliphatic carbocycles. The van der Waals surface area contributed by atoms with E-state index in [9.17, 15) is 0 Å². The highest BCUT2D eigenvalue weighted by Crippen LogP contribution is 2.09. The van der Waals surface area contributed by atoms with E-state index in [-0.39, 0.29) is 0 Å². The number of hydrogen-bond acceptors (Lipinski definition) is 3. The molecule has 1 rings (SSSR count). The second kappa shape index (κ2) is 10.7. The molecule has 0 aromatic carbocycles. The molecule has 0 radical (unpaired) electrons. The highest BCUT2D eigenvalue weighted by Gasteiger charge is 2.15. The summed E-state index contributed by atoms with van der Waals surface area (Å²) in [7, 11) is 2.16. The minimum absolute atomic E-state index is 0.912. The molecule has 1 aliphatic heterocycles. The van der Waals surface area contributed by atoms with E-state index < -0.39 is 0 Å². The second-order valence-electron chi connectivity index (χ2n) is 4.95. The molecule has 0 aromatic rings. The molecule has 4 heteroatoms. The summed E-state index contributed by atoms with van der Waals surface area (Å²) < 4.78 is 0. The molecule has 0 spiro atoms. The van der Waals surface area contributed by atoms with Gasteiger partial charge in [-0.05, 0) is 27.3 Å². The van der Waals surface area contributed by atoms with E-state index in [0.29, 0.717) is 0 Å². The first-order chi connectivity index (χ1) is 9.58. The third kappa shape index (κ3) is 6.42. The third-order valence-electron chi connectivity index (χ3n) is 3.49. The minimum Gasteiger partial charge on any atom is -0.361 e. The van der Waals surface area contributed by atoms with Crippen LogP contribution in [0.3, 0.4) is 0 Å². The lowest BCUT2D eigenvalue weighted by molar-refractivity contribution is 0.185. The molecule has 20 heavy (non-hydrogen) atoms. The van der Waals surface area contributed by atoms with Crippen LogP contribution in [0.15, 0.2) is 17.4 Å². The minimum atomic E-state index is 0.912. The van der Waals surface area contributed by atoms with Crippen LogP contribution in [-0.4, -0.2) is 66.9 Å². The van der Waals surface area contributed by atoms with Gasteiger partial charge in [0.25, 0.3) is 0 Å². The van der Waals surface area contributed by atoms with Gasteiger partial charge in [0.2, 0.25) is 0 Å². The Morgan fingerprint density at radius 2 is 1.70 bits per heavy atom. The first-order valence-electron chi connectivity index (χ1n) is 8.01. The Hall–Kier alpha value is -1.03. The lowest BCUT2D eigenvalue weighted by Crippen LogP contribution is -2.43. The van der Waals surface area contributed by atoms with E-state index in [4.69, 9.17) is 0 Å². The quantitative estimate of drug-likeness (QED) is 0.572. The Kier molecular flexibility index (Phi) is 10.2. The molecular formula is C16H34N4. The average Bonchev–Trinajstić information content (AvgIpc) is 2.47. The summed E-state index contributed by atoms with van der Waals surface area (Å²) in [6, 6.07) is 0. The molecule has 1 aliphatic rings. The van der Waals surface area contributed by atoms with Crippen molar-refractivity contribution in [3.05, 3.63) is 12.4 Å². The maximum atomic E-state index is 4.67. The molecular weight excluding hydrogens is 248 g/mol. The van der Waals surface area contributed by atoms with Gasteiger partial charge >= 0.3 is 0 Å². The molecule has 4 nitrogen and oxygen atoms in total. The number of piperazine rings is 1. The van der Waals surface area contributed by atoms with Gasteiger partial charge in [-0.1, -0.05) is 27.4 Å². The summed E-state index contributed by atoms with van der Waals surface area (Å²) in [6.45, 7) is 20.9. The monoisotopic (exact) mass is 282 g/mol. The first kappa shape index (κ1) is 19.0. The van der Waals surface area contributed by atoms with Crippen molar-refractivity contribution in [3.63, 3.8) is 0 Å². The summed E-state index contributed by atoms with van der Waals surface area (Å²) >= 11 is 0. The molecule has 0 N–H and O–H groups in total. The predicted octanol–water partition coefficient (Wildman–Crippen LogP) is 2.88. The Morgan fingerprint density at radius 3 is 2.15 bits per heavy atom. The Bertz CT molecular complexity index is 291. The zero-order valence-corrected chi connectivity index (χ0v) is 14.4. The van der Waals surface area contributed by atoms with Crippen molar-refractivity contribution in [1.82, 2.24) is 14.7 Å². The van der Waals surface area contributed by atoms with Gasteiger partial charge in [-0.15, -0.1) is 0 Å². The highest BCUT2D eigenvalue weighted by atomic mass is 15.3. The van der Waals surface area contributed by atoms with E-state index in [2.05, 4.69) is 54.1 Å². The van der Waals surface area contributed by atoms with Crippen molar-refractivity contribution >= 4 is 5.84 Å². The van der Waals surface area contributed by atoms with Crippen LogP contribution in [0.1, 0.15) is 41.0 Å². The number of likely N-dealkylation sites (N-methyl/N-ethyl adjacent to an activating group) is 1. The van der Waals surface area contributed by atoms with Gasteiger partial charge in [-0.25, -0.2) is 4.99 Å². The summed E-state index contributed by atoms with van der Waals surface area (Å²) in [6.07, 6.45) is 1.15.